The van der Waals surface area contributed by atoms with Crippen molar-refractivity contribution in [1.82, 2.24) is 14.7 Å². The first-order chi connectivity index (χ1) is 12.6. The third-order valence-electron chi connectivity index (χ3n) is 3.53. The van der Waals surface area contributed by atoms with Crippen LogP contribution in [0.1, 0.15) is 17.7 Å². The van der Waals surface area contributed by atoms with Crippen LogP contribution in [0.4, 0.5) is 22.0 Å². The third kappa shape index (κ3) is 5.76. The minimum atomic E-state index is -4.66. The van der Waals surface area contributed by atoms with E-state index in [1.54, 1.807) is 0 Å². The molecule has 0 atom stereocenters. The molecule has 0 aliphatic heterocycles. The zero-order valence-electron chi connectivity index (χ0n) is 13.7. The van der Waals surface area contributed by atoms with E-state index in [1.807, 2.05) is 0 Å². The third-order valence-corrected chi connectivity index (χ3v) is 3.53. The fraction of sp³-hybridized carbons (Fsp3) is 0.312. The number of benzene rings is 1. The van der Waals surface area contributed by atoms with Crippen molar-refractivity contribution < 1.29 is 36.6 Å². The fourth-order valence-electron chi connectivity index (χ4n) is 2.22. The molecule has 1 aromatic carbocycles. The van der Waals surface area contributed by atoms with Crippen LogP contribution in [0.2, 0.25) is 0 Å². The normalized spacial score (nSPS) is 11.4. The monoisotopic (exact) mass is 391 g/mol. The van der Waals surface area contributed by atoms with Crippen LogP contribution in [0.25, 0.3) is 0 Å². The molecule has 0 unspecified atom stereocenters. The quantitative estimate of drug-likeness (QED) is 0.737. The van der Waals surface area contributed by atoms with Crippen LogP contribution in [-0.4, -0.2) is 38.2 Å². The highest BCUT2D eigenvalue weighted by atomic mass is 19.4. The maximum absolute atomic E-state index is 13.3. The van der Waals surface area contributed by atoms with Crippen LogP contribution in [0.5, 0.6) is 0 Å². The molecule has 11 heteroatoms. The van der Waals surface area contributed by atoms with Crippen molar-refractivity contribution in [2.75, 3.05) is 6.54 Å². The van der Waals surface area contributed by atoms with Gasteiger partial charge in [-0.05, 0) is 23.8 Å². The SMILES string of the molecule is O=C(O)CCN(Cc1ccc(F)c(F)c1)C(=O)Cn1ccc(C(F)(F)F)n1. The summed E-state index contributed by atoms with van der Waals surface area (Å²) in [6.45, 7) is -1.07. The molecular weight excluding hydrogens is 377 g/mol. The first-order valence-electron chi connectivity index (χ1n) is 7.60. The Bertz CT molecular complexity index is 835. The van der Waals surface area contributed by atoms with E-state index in [2.05, 4.69) is 5.10 Å². The molecule has 0 spiro atoms. The van der Waals surface area contributed by atoms with Gasteiger partial charge in [0, 0.05) is 19.3 Å². The molecule has 0 aliphatic carbocycles. The maximum atomic E-state index is 13.3. The van der Waals surface area contributed by atoms with Crippen molar-refractivity contribution in [2.24, 2.45) is 0 Å². The number of alkyl halides is 3. The minimum Gasteiger partial charge on any atom is -0.481 e. The van der Waals surface area contributed by atoms with Crippen molar-refractivity contribution in [1.29, 1.82) is 0 Å². The van der Waals surface area contributed by atoms with Gasteiger partial charge in [-0.1, -0.05) is 6.07 Å². The zero-order chi connectivity index (χ0) is 20.2. The molecule has 0 bridgehead atoms. The van der Waals surface area contributed by atoms with Crippen LogP contribution in [0, 0.1) is 11.6 Å². The van der Waals surface area contributed by atoms with Crippen molar-refractivity contribution in [3.8, 4) is 0 Å². The number of rotatable bonds is 7. The Kier molecular flexibility index (Phi) is 6.13. The number of hydrogen-bond donors (Lipinski definition) is 1. The van der Waals surface area contributed by atoms with Crippen molar-refractivity contribution in [3.63, 3.8) is 0 Å². The Labute approximate surface area is 149 Å². The molecule has 2 rings (SSSR count). The first kappa shape index (κ1) is 20.3. The molecule has 27 heavy (non-hydrogen) atoms. The Morgan fingerprint density at radius 2 is 1.85 bits per heavy atom. The number of aliphatic carboxylic acids is 1. The summed E-state index contributed by atoms with van der Waals surface area (Å²) in [5.41, 5.74) is -0.975. The number of hydrogen-bond acceptors (Lipinski definition) is 3. The summed E-state index contributed by atoms with van der Waals surface area (Å²) >= 11 is 0. The summed E-state index contributed by atoms with van der Waals surface area (Å²) in [6, 6.07) is 3.62. The zero-order valence-corrected chi connectivity index (χ0v) is 13.7. The number of amides is 1. The lowest BCUT2D eigenvalue weighted by Crippen LogP contribution is -2.35. The molecule has 0 radical (unpaired) electrons. The molecule has 0 aliphatic rings. The highest BCUT2D eigenvalue weighted by Gasteiger charge is 2.33. The van der Waals surface area contributed by atoms with E-state index in [1.165, 1.54) is 6.07 Å². The highest BCUT2D eigenvalue weighted by Crippen LogP contribution is 2.27. The fourth-order valence-corrected chi connectivity index (χ4v) is 2.22. The summed E-state index contributed by atoms with van der Waals surface area (Å²) in [6.07, 6.45) is -4.13. The van der Waals surface area contributed by atoms with E-state index in [4.69, 9.17) is 5.11 Å². The smallest absolute Gasteiger partial charge is 0.435 e. The number of carboxylic acids is 1. The molecular formula is C16H14F5N3O3. The van der Waals surface area contributed by atoms with Gasteiger partial charge in [-0.25, -0.2) is 8.78 Å². The Morgan fingerprint density at radius 1 is 1.15 bits per heavy atom. The molecule has 1 heterocycles. The van der Waals surface area contributed by atoms with Crippen molar-refractivity contribution in [2.45, 2.75) is 25.7 Å². The van der Waals surface area contributed by atoms with Gasteiger partial charge in [-0.2, -0.15) is 18.3 Å². The lowest BCUT2D eigenvalue weighted by molar-refractivity contribution is -0.143. The van der Waals surface area contributed by atoms with Gasteiger partial charge in [-0.3, -0.25) is 14.3 Å². The van der Waals surface area contributed by atoms with Gasteiger partial charge in [0.25, 0.3) is 0 Å². The van der Waals surface area contributed by atoms with Crippen molar-refractivity contribution >= 4 is 11.9 Å². The largest absolute Gasteiger partial charge is 0.481 e. The van der Waals surface area contributed by atoms with Crippen LogP contribution in [0.3, 0.4) is 0 Å². The van der Waals surface area contributed by atoms with Crippen molar-refractivity contribution in [3.05, 3.63) is 53.4 Å². The van der Waals surface area contributed by atoms with Crippen LogP contribution < -0.4 is 0 Å². The van der Waals surface area contributed by atoms with E-state index < -0.39 is 48.3 Å². The van der Waals surface area contributed by atoms with E-state index in [0.29, 0.717) is 6.07 Å². The Morgan fingerprint density at radius 3 is 2.41 bits per heavy atom. The Hall–Kier alpha value is -2.98. The van der Waals surface area contributed by atoms with E-state index in [0.717, 1.165) is 27.9 Å². The Balaban J connectivity index is 2.14. The number of aromatic nitrogens is 2. The molecule has 146 valence electrons. The second kappa shape index (κ2) is 8.14. The molecule has 0 fully saturated rings. The van der Waals surface area contributed by atoms with E-state index in [-0.39, 0.29) is 18.7 Å². The van der Waals surface area contributed by atoms with Crippen LogP contribution in [0.15, 0.2) is 30.5 Å². The summed E-state index contributed by atoms with van der Waals surface area (Å²) in [5, 5.41) is 12.0. The maximum Gasteiger partial charge on any atom is 0.435 e. The molecule has 0 saturated heterocycles. The first-order valence-corrected chi connectivity index (χ1v) is 7.60. The number of nitrogens with zero attached hydrogens (tertiary/aromatic N) is 3. The average molecular weight is 391 g/mol. The van der Waals surface area contributed by atoms with Gasteiger partial charge in [0.05, 0.1) is 6.42 Å². The molecule has 2 aromatic rings. The summed E-state index contributed by atoms with van der Waals surface area (Å²) in [7, 11) is 0. The van der Waals surface area contributed by atoms with Gasteiger partial charge in [-0.15, -0.1) is 0 Å². The molecule has 1 N–H and O–H groups in total. The van der Waals surface area contributed by atoms with Gasteiger partial charge >= 0.3 is 12.1 Å². The molecule has 1 aromatic heterocycles. The average Bonchev–Trinajstić information content (AvgIpc) is 3.03. The van der Waals surface area contributed by atoms with Gasteiger partial charge in [0.15, 0.2) is 17.3 Å². The highest BCUT2D eigenvalue weighted by molar-refractivity contribution is 5.76. The number of halogens is 5. The summed E-state index contributed by atoms with van der Waals surface area (Å²) in [5.74, 6) is -4.15. The van der Waals surface area contributed by atoms with Gasteiger partial charge < -0.3 is 10.0 Å². The van der Waals surface area contributed by atoms with E-state index in [9.17, 15) is 31.5 Å². The molecule has 1 amide bonds. The predicted molar refractivity (Wildman–Crippen MR) is 81.3 cm³/mol. The van der Waals surface area contributed by atoms with Gasteiger partial charge in [0.2, 0.25) is 5.91 Å². The molecule has 0 saturated carbocycles. The minimum absolute atomic E-state index is 0.198. The summed E-state index contributed by atoms with van der Waals surface area (Å²) < 4.78 is 64.8. The van der Waals surface area contributed by atoms with E-state index >= 15 is 0 Å². The topological polar surface area (TPSA) is 75.4 Å². The lowest BCUT2D eigenvalue weighted by Gasteiger charge is -2.22. The molecule has 6 nitrogen and oxygen atoms in total. The van der Waals surface area contributed by atoms with Gasteiger partial charge in [0.1, 0.15) is 6.54 Å². The standard InChI is InChI=1S/C16H14F5N3O3/c17-11-2-1-10(7-12(11)18)8-23(5-4-15(26)27)14(25)9-24-6-3-13(22-24)16(19,20)21/h1-3,6-7H,4-5,8-9H2,(H,26,27). The number of carboxylic acid groups (broad SMARTS) is 1. The second-order valence-corrected chi connectivity index (χ2v) is 5.60. The van der Waals surface area contributed by atoms with Crippen LogP contribution in [-0.2, 0) is 28.9 Å². The van der Waals surface area contributed by atoms with Crippen LogP contribution >= 0.6 is 0 Å². The second-order valence-electron chi connectivity index (χ2n) is 5.60. The predicted octanol–water partition coefficient (Wildman–Crippen LogP) is 2.68. The number of carbonyl (C=O) groups excluding carboxylic acids is 1. The lowest BCUT2D eigenvalue weighted by atomic mass is 10.2. The number of carbonyl (C=O) groups is 2. The summed E-state index contributed by atoms with van der Waals surface area (Å²) in [4.78, 5) is 24.1.